The van der Waals surface area contributed by atoms with Gasteiger partial charge >= 0.3 is 6.18 Å². The van der Waals surface area contributed by atoms with Gasteiger partial charge in [-0.3, -0.25) is 14.6 Å². The van der Waals surface area contributed by atoms with Gasteiger partial charge in [-0.25, -0.2) is 0 Å². The lowest BCUT2D eigenvalue weighted by atomic mass is 10.1. The van der Waals surface area contributed by atoms with E-state index in [0.29, 0.717) is 5.56 Å². The Hall–Kier alpha value is -2.90. The minimum absolute atomic E-state index is 0.0481. The SMILES string of the molecule is C[C@H](NC(=O)[C@@H]1CC(=O)N(Cc2cccc(C(F)(F)F)c2)C1)c1ccncc1. The number of pyridine rings is 1. The van der Waals surface area contributed by atoms with Crippen molar-refractivity contribution < 1.29 is 22.8 Å². The zero-order chi connectivity index (χ0) is 20.3. The second-order valence-corrected chi connectivity index (χ2v) is 6.88. The number of hydrogen-bond donors (Lipinski definition) is 1. The predicted octanol–water partition coefficient (Wildman–Crippen LogP) is 3.33. The Morgan fingerprint density at radius 3 is 2.68 bits per heavy atom. The lowest BCUT2D eigenvalue weighted by Gasteiger charge is -2.19. The summed E-state index contributed by atoms with van der Waals surface area (Å²) in [4.78, 5) is 30.1. The van der Waals surface area contributed by atoms with Gasteiger partial charge in [-0.15, -0.1) is 0 Å². The molecule has 2 atom stereocenters. The first-order chi connectivity index (χ1) is 13.2. The molecule has 1 aliphatic rings. The summed E-state index contributed by atoms with van der Waals surface area (Å²) in [6, 6.07) is 8.25. The summed E-state index contributed by atoms with van der Waals surface area (Å²) in [5, 5.41) is 2.88. The van der Waals surface area contributed by atoms with E-state index >= 15 is 0 Å². The van der Waals surface area contributed by atoms with Crippen molar-refractivity contribution in [3.63, 3.8) is 0 Å². The van der Waals surface area contributed by atoms with Crippen LogP contribution in [0.5, 0.6) is 0 Å². The fraction of sp³-hybridized carbons (Fsp3) is 0.350. The maximum absolute atomic E-state index is 12.9. The van der Waals surface area contributed by atoms with Crippen molar-refractivity contribution in [2.24, 2.45) is 5.92 Å². The van der Waals surface area contributed by atoms with E-state index in [4.69, 9.17) is 0 Å². The van der Waals surface area contributed by atoms with Crippen LogP contribution in [0.2, 0.25) is 0 Å². The zero-order valence-electron chi connectivity index (χ0n) is 15.2. The average Bonchev–Trinajstić information content (AvgIpc) is 3.02. The normalized spacial score (nSPS) is 18.2. The van der Waals surface area contributed by atoms with Crippen LogP contribution in [0, 0.1) is 5.92 Å². The number of nitrogens with zero attached hydrogens (tertiary/aromatic N) is 2. The minimum atomic E-state index is -4.43. The molecule has 0 unspecified atom stereocenters. The van der Waals surface area contributed by atoms with E-state index in [9.17, 15) is 22.8 Å². The van der Waals surface area contributed by atoms with Crippen molar-refractivity contribution in [3.8, 4) is 0 Å². The number of hydrogen-bond acceptors (Lipinski definition) is 3. The third kappa shape index (κ3) is 4.68. The van der Waals surface area contributed by atoms with Gasteiger partial charge in [0.15, 0.2) is 0 Å². The van der Waals surface area contributed by atoms with Crippen molar-refractivity contribution >= 4 is 11.8 Å². The number of rotatable bonds is 5. The first kappa shape index (κ1) is 19.9. The number of aromatic nitrogens is 1. The second kappa shape index (κ2) is 8.00. The second-order valence-electron chi connectivity index (χ2n) is 6.88. The molecule has 1 fully saturated rings. The molecule has 1 saturated heterocycles. The average molecular weight is 391 g/mol. The molecule has 0 spiro atoms. The van der Waals surface area contributed by atoms with Crippen LogP contribution < -0.4 is 5.32 Å². The highest BCUT2D eigenvalue weighted by atomic mass is 19.4. The van der Waals surface area contributed by atoms with Crippen LogP contribution in [0.1, 0.15) is 36.1 Å². The van der Waals surface area contributed by atoms with Crippen LogP contribution in [0.25, 0.3) is 0 Å². The molecule has 2 heterocycles. The topological polar surface area (TPSA) is 62.3 Å². The molecule has 148 valence electrons. The molecule has 1 aliphatic heterocycles. The van der Waals surface area contributed by atoms with E-state index in [1.807, 2.05) is 6.92 Å². The van der Waals surface area contributed by atoms with E-state index in [-0.39, 0.29) is 37.4 Å². The molecule has 8 heteroatoms. The molecule has 2 aromatic rings. The fourth-order valence-electron chi connectivity index (χ4n) is 3.23. The van der Waals surface area contributed by atoms with Crippen molar-refractivity contribution in [1.82, 2.24) is 15.2 Å². The van der Waals surface area contributed by atoms with Gasteiger partial charge in [-0.1, -0.05) is 12.1 Å². The number of alkyl halides is 3. The molecule has 0 bridgehead atoms. The highest BCUT2D eigenvalue weighted by molar-refractivity contribution is 5.89. The minimum Gasteiger partial charge on any atom is -0.349 e. The summed E-state index contributed by atoms with van der Waals surface area (Å²) in [5.74, 6) is -1.01. The molecule has 0 aliphatic carbocycles. The van der Waals surface area contributed by atoms with Gasteiger partial charge < -0.3 is 10.2 Å². The predicted molar refractivity (Wildman–Crippen MR) is 95.8 cm³/mol. The highest BCUT2D eigenvalue weighted by Gasteiger charge is 2.35. The van der Waals surface area contributed by atoms with Crippen LogP contribution in [-0.2, 0) is 22.3 Å². The zero-order valence-corrected chi connectivity index (χ0v) is 15.2. The lowest BCUT2D eigenvalue weighted by Crippen LogP contribution is -2.34. The van der Waals surface area contributed by atoms with Gasteiger partial charge in [0.05, 0.1) is 17.5 Å². The summed E-state index contributed by atoms with van der Waals surface area (Å²) in [5.41, 5.74) is 0.528. The standard InChI is InChI=1S/C20H20F3N3O2/c1-13(15-5-7-24-8-6-15)25-19(28)16-10-18(27)26(12-16)11-14-3-2-4-17(9-14)20(21,22)23/h2-9,13,16H,10-12H2,1H3,(H,25,28)/t13-,16+/m0/s1. The molecule has 1 aromatic carbocycles. The summed E-state index contributed by atoms with van der Waals surface area (Å²) < 4.78 is 38.6. The van der Waals surface area contributed by atoms with Crippen LogP contribution in [0.3, 0.4) is 0 Å². The number of likely N-dealkylation sites (tertiary alicyclic amines) is 1. The Balaban J connectivity index is 1.61. The third-order valence-corrected chi connectivity index (χ3v) is 4.78. The number of halogens is 3. The summed E-state index contributed by atoms with van der Waals surface area (Å²) in [7, 11) is 0. The molecule has 28 heavy (non-hydrogen) atoms. The van der Waals surface area contributed by atoms with E-state index < -0.39 is 17.7 Å². The van der Waals surface area contributed by atoms with Crippen molar-refractivity contribution in [1.29, 1.82) is 0 Å². The molecular weight excluding hydrogens is 371 g/mol. The van der Waals surface area contributed by atoms with Gasteiger partial charge in [0, 0.05) is 31.9 Å². The van der Waals surface area contributed by atoms with E-state index in [2.05, 4.69) is 10.3 Å². The van der Waals surface area contributed by atoms with Gasteiger partial charge in [0.2, 0.25) is 11.8 Å². The Bertz CT molecular complexity index is 855. The molecule has 3 rings (SSSR count). The molecule has 0 saturated carbocycles. The van der Waals surface area contributed by atoms with Gasteiger partial charge in [-0.05, 0) is 42.3 Å². The quantitative estimate of drug-likeness (QED) is 0.851. The Kier molecular flexibility index (Phi) is 5.67. The Morgan fingerprint density at radius 1 is 1.29 bits per heavy atom. The van der Waals surface area contributed by atoms with Gasteiger partial charge in [0.1, 0.15) is 0 Å². The van der Waals surface area contributed by atoms with Crippen LogP contribution in [0.4, 0.5) is 13.2 Å². The number of nitrogens with one attached hydrogen (secondary N) is 1. The summed E-state index contributed by atoms with van der Waals surface area (Å²) in [6.07, 6.45) is -1.12. The maximum atomic E-state index is 12.9. The number of carbonyl (C=O) groups excluding carboxylic acids is 2. The Labute approximate surface area is 160 Å². The third-order valence-electron chi connectivity index (χ3n) is 4.78. The molecule has 5 nitrogen and oxygen atoms in total. The highest BCUT2D eigenvalue weighted by Crippen LogP contribution is 2.30. The lowest BCUT2D eigenvalue weighted by molar-refractivity contribution is -0.137. The van der Waals surface area contributed by atoms with E-state index in [1.165, 1.54) is 11.0 Å². The summed E-state index contributed by atoms with van der Waals surface area (Å²) in [6.45, 7) is 2.07. The largest absolute Gasteiger partial charge is 0.416 e. The van der Waals surface area contributed by atoms with E-state index in [0.717, 1.165) is 17.7 Å². The van der Waals surface area contributed by atoms with Crippen LogP contribution in [0.15, 0.2) is 48.8 Å². The molecule has 1 aromatic heterocycles. The van der Waals surface area contributed by atoms with Crippen molar-refractivity contribution in [3.05, 3.63) is 65.5 Å². The fourth-order valence-corrected chi connectivity index (χ4v) is 3.23. The first-order valence-electron chi connectivity index (χ1n) is 8.88. The van der Waals surface area contributed by atoms with Crippen molar-refractivity contribution in [2.75, 3.05) is 6.54 Å². The molecule has 1 N–H and O–H groups in total. The first-order valence-corrected chi connectivity index (χ1v) is 8.88. The maximum Gasteiger partial charge on any atom is 0.416 e. The Morgan fingerprint density at radius 2 is 2.00 bits per heavy atom. The monoisotopic (exact) mass is 391 g/mol. The van der Waals surface area contributed by atoms with Crippen LogP contribution in [-0.4, -0.2) is 28.2 Å². The van der Waals surface area contributed by atoms with Crippen LogP contribution >= 0.6 is 0 Å². The molecule has 0 radical (unpaired) electrons. The van der Waals surface area contributed by atoms with E-state index in [1.54, 1.807) is 30.6 Å². The summed E-state index contributed by atoms with van der Waals surface area (Å²) >= 11 is 0. The number of benzene rings is 1. The smallest absolute Gasteiger partial charge is 0.349 e. The number of amides is 2. The molecule has 2 amide bonds. The van der Waals surface area contributed by atoms with Gasteiger partial charge in [0.25, 0.3) is 0 Å². The number of carbonyl (C=O) groups is 2. The van der Waals surface area contributed by atoms with Gasteiger partial charge in [-0.2, -0.15) is 13.2 Å². The van der Waals surface area contributed by atoms with Crippen molar-refractivity contribution in [2.45, 2.75) is 32.1 Å². The molecular formula is C20H20F3N3O2.